The van der Waals surface area contributed by atoms with E-state index in [4.69, 9.17) is 10.5 Å². The van der Waals surface area contributed by atoms with Gasteiger partial charge in [0, 0.05) is 15.6 Å². The molecule has 0 aliphatic carbocycles. The van der Waals surface area contributed by atoms with E-state index in [1.165, 1.54) is 0 Å². The summed E-state index contributed by atoms with van der Waals surface area (Å²) in [6.07, 6.45) is 0. The van der Waals surface area contributed by atoms with E-state index in [1.807, 2.05) is 0 Å². The van der Waals surface area contributed by atoms with Gasteiger partial charge in [0.05, 0.1) is 0 Å². The molecule has 0 radical (unpaired) electrons. The van der Waals surface area contributed by atoms with E-state index in [9.17, 15) is 14.4 Å². The van der Waals surface area contributed by atoms with Crippen LogP contribution in [-0.4, -0.2) is 24.3 Å². The molecule has 2 amide bonds. The van der Waals surface area contributed by atoms with Gasteiger partial charge in [-0.25, -0.2) is 0 Å². The zero-order valence-corrected chi connectivity index (χ0v) is 14.2. The van der Waals surface area contributed by atoms with Crippen LogP contribution in [0.4, 0.5) is 0 Å². The molecule has 0 aromatic heterocycles. The Labute approximate surface area is 147 Å². The highest BCUT2D eigenvalue weighted by atomic mass is 79.9. The lowest BCUT2D eigenvalue weighted by molar-refractivity contribution is -0.143. The number of benzene rings is 2. The number of carbonyl (C=O) groups excluding carboxylic acids is 3. The lowest BCUT2D eigenvalue weighted by Gasteiger charge is -2.07. The Kier molecular flexibility index (Phi) is 6.08. The molecule has 24 heavy (non-hydrogen) atoms. The van der Waals surface area contributed by atoms with E-state index in [0.717, 1.165) is 4.47 Å². The highest BCUT2D eigenvalue weighted by Gasteiger charge is 2.10. The van der Waals surface area contributed by atoms with Crippen LogP contribution in [0.2, 0.25) is 0 Å². The average molecular weight is 391 g/mol. The summed E-state index contributed by atoms with van der Waals surface area (Å²) in [5.41, 5.74) is 6.60. The molecule has 0 bridgehead atoms. The van der Waals surface area contributed by atoms with Gasteiger partial charge >= 0.3 is 5.97 Å². The number of hydrogen-bond donors (Lipinski definition) is 2. The molecule has 7 heteroatoms. The van der Waals surface area contributed by atoms with Gasteiger partial charge in [-0.3, -0.25) is 14.4 Å². The van der Waals surface area contributed by atoms with Crippen LogP contribution >= 0.6 is 15.9 Å². The SMILES string of the molecule is NC(=O)c1cccc(COC(=O)CNC(=O)c2cccc(Br)c2)c1. The van der Waals surface area contributed by atoms with Crippen LogP contribution < -0.4 is 11.1 Å². The maximum atomic E-state index is 11.9. The third-order valence-corrected chi connectivity index (χ3v) is 3.58. The van der Waals surface area contributed by atoms with Gasteiger partial charge in [-0.15, -0.1) is 0 Å². The molecule has 0 saturated carbocycles. The first-order chi connectivity index (χ1) is 11.5. The Balaban J connectivity index is 1.82. The van der Waals surface area contributed by atoms with Crippen LogP contribution in [0.5, 0.6) is 0 Å². The number of esters is 1. The number of rotatable bonds is 6. The largest absolute Gasteiger partial charge is 0.460 e. The quantitative estimate of drug-likeness (QED) is 0.737. The summed E-state index contributed by atoms with van der Waals surface area (Å²) >= 11 is 3.27. The summed E-state index contributed by atoms with van der Waals surface area (Å²) < 4.78 is 5.83. The van der Waals surface area contributed by atoms with E-state index in [0.29, 0.717) is 16.7 Å². The third kappa shape index (κ3) is 5.20. The molecular weight excluding hydrogens is 376 g/mol. The van der Waals surface area contributed by atoms with Crippen LogP contribution in [0.25, 0.3) is 0 Å². The lowest BCUT2D eigenvalue weighted by atomic mass is 10.1. The third-order valence-electron chi connectivity index (χ3n) is 3.09. The summed E-state index contributed by atoms with van der Waals surface area (Å²) in [7, 11) is 0. The van der Waals surface area contributed by atoms with Crippen molar-refractivity contribution in [2.75, 3.05) is 6.54 Å². The Morgan fingerprint density at radius 1 is 1.04 bits per heavy atom. The van der Waals surface area contributed by atoms with Crippen LogP contribution in [0, 0.1) is 0 Å². The number of nitrogens with two attached hydrogens (primary N) is 1. The second-order valence-electron chi connectivity index (χ2n) is 4.92. The van der Waals surface area contributed by atoms with Gasteiger partial charge in [0.1, 0.15) is 13.2 Å². The minimum absolute atomic E-state index is 0.00723. The molecule has 0 unspecified atom stereocenters. The van der Waals surface area contributed by atoms with Crippen molar-refractivity contribution in [2.24, 2.45) is 5.73 Å². The van der Waals surface area contributed by atoms with E-state index < -0.39 is 11.9 Å². The van der Waals surface area contributed by atoms with Crippen LogP contribution in [0.15, 0.2) is 53.0 Å². The van der Waals surface area contributed by atoms with Gasteiger partial charge in [0.25, 0.3) is 5.91 Å². The number of amides is 2. The second-order valence-corrected chi connectivity index (χ2v) is 5.83. The van der Waals surface area contributed by atoms with Gasteiger partial charge in [-0.2, -0.15) is 0 Å². The second kappa shape index (κ2) is 8.26. The number of nitrogens with one attached hydrogen (secondary N) is 1. The summed E-state index contributed by atoms with van der Waals surface area (Å²) in [5.74, 6) is -1.50. The summed E-state index contributed by atoms with van der Waals surface area (Å²) in [5, 5.41) is 2.48. The van der Waals surface area contributed by atoms with Gasteiger partial charge in [-0.1, -0.05) is 34.1 Å². The molecule has 3 N–H and O–H groups in total. The fraction of sp³-hybridized carbons (Fsp3) is 0.118. The lowest BCUT2D eigenvalue weighted by Crippen LogP contribution is -2.30. The summed E-state index contributed by atoms with van der Waals surface area (Å²) in [4.78, 5) is 34.7. The number of primary amides is 1. The molecule has 0 heterocycles. The Hall–Kier alpha value is -2.67. The molecule has 0 fully saturated rings. The van der Waals surface area contributed by atoms with Crippen molar-refractivity contribution in [2.45, 2.75) is 6.61 Å². The van der Waals surface area contributed by atoms with Crippen LogP contribution in [0.1, 0.15) is 26.3 Å². The van der Waals surface area contributed by atoms with Crippen molar-refractivity contribution in [1.29, 1.82) is 0 Å². The van der Waals surface area contributed by atoms with Crippen LogP contribution in [0.3, 0.4) is 0 Å². The van der Waals surface area contributed by atoms with E-state index >= 15 is 0 Å². The van der Waals surface area contributed by atoms with Crippen molar-refractivity contribution in [3.05, 3.63) is 69.7 Å². The average Bonchev–Trinajstić information content (AvgIpc) is 2.58. The molecule has 2 rings (SSSR count). The number of hydrogen-bond acceptors (Lipinski definition) is 4. The molecule has 0 aliphatic heterocycles. The Bertz CT molecular complexity index is 777. The maximum absolute atomic E-state index is 11.9. The zero-order chi connectivity index (χ0) is 17.5. The summed E-state index contributed by atoms with van der Waals surface area (Å²) in [6, 6.07) is 13.3. The highest BCUT2D eigenvalue weighted by Crippen LogP contribution is 2.11. The van der Waals surface area contributed by atoms with Crippen LogP contribution in [-0.2, 0) is 16.1 Å². The van der Waals surface area contributed by atoms with Crippen molar-refractivity contribution in [1.82, 2.24) is 5.32 Å². The highest BCUT2D eigenvalue weighted by molar-refractivity contribution is 9.10. The van der Waals surface area contributed by atoms with E-state index in [2.05, 4.69) is 21.2 Å². The predicted octanol–water partition coefficient (Wildman–Crippen LogP) is 2.02. The van der Waals surface area contributed by atoms with Gasteiger partial charge in [-0.05, 0) is 35.9 Å². The van der Waals surface area contributed by atoms with Gasteiger partial charge in [0.15, 0.2) is 0 Å². The predicted molar refractivity (Wildman–Crippen MR) is 91.2 cm³/mol. The van der Waals surface area contributed by atoms with Gasteiger partial charge in [0.2, 0.25) is 5.91 Å². The first-order valence-corrected chi connectivity index (χ1v) is 7.83. The number of ether oxygens (including phenoxy) is 1. The van der Waals surface area contributed by atoms with E-state index in [1.54, 1.807) is 48.5 Å². The Morgan fingerprint density at radius 2 is 1.75 bits per heavy atom. The van der Waals surface area contributed by atoms with Crippen molar-refractivity contribution >= 4 is 33.7 Å². The zero-order valence-electron chi connectivity index (χ0n) is 12.6. The summed E-state index contributed by atoms with van der Waals surface area (Å²) in [6.45, 7) is -0.256. The fourth-order valence-electron chi connectivity index (χ4n) is 1.91. The molecule has 0 spiro atoms. The first-order valence-electron chi connectivity index (χ1n) is 7.04. The molecule has 2 aromatic carbocycles. The minimum Gasteiger partial charge on any atom is -0.460 e. The van der Waals surface area contributed by atoms with Crippen molar-refractivity contribution < 1.29 is 19.1 Å². The maximum Gasteiger partial charge on any atom is 0.325 e. The topological polar surface area (TPSA) is 98.5 Å². The molecule has 6 nitrogen and oxygen atoms in total. The Morgan fingerprint density at radius 3 is 2.46 bits per heavy atom. The number of carbonyl (C=O) groups is 3. The molecule has 124 valence electrons. The van der Waals surface area contributed by atoms with Crippen molar-refractivity contribution in [3.8, 4) is 0 Å². The normalized spacial score (nSPS) is 10.0. The van der Waals surface area contributed by atoms with E-state index in [-0.39, 0.29) is 19.1 Å². The standard InChI is InChI=1S/C17H15BrN2O4/c18-14-6-2-5-13(8-14)17(23)20-9-15(21)24-10-11-3-1-4-12(7-11)16(19)22/h1-8H,9-10H2,(H2,19,22)(H,20,23). The fourth-order valence-corrected chi connectivity index (χ4v) is 2.31. The first kappa shape index (κ1) is 17.7. The molecule has 2 aromatic rings. The molecule has 0 atom stereocenters. The molecule has 0 saturated heterocycles. The van der Waals surface area contributed by atoms with Gasteiger partial charge < -0.3 is 15.8 Å². The smallest absolute Gasteiger partial charge is 0.325 e. The minimum atomic E-state index is -0.581. The monoisotopic (exact) mass is 390 g/mol. The molecular formula is C17H15BrN2O4. The number of halogens is 1. The molecule has 0 aliphatic rings. The van der Waals surface area contributed by atoms with Crippen molar-refractivity contribution in [3.63, 3.8) is 0 Å².